The van der Waals surface area contributed by atoms with Gasteiger partial charge in [-0.25, -0.2) is 0 Å². The molecule has 0 fully saturated rings. The highest BCUT2D eigenvalue weighted by atomic mass is 32.2. The zero-order valence-electron chi connectivity index (χ0n) is 14.1. The lowest BCUT2D eigenvalue weighted by Gasteiger charge is -2.04. The number of carbonyl (C=O) groups excluding carboxylic acids is 1. The molecular weight excluding hydrogens is 382 g/mol. The van der Waals surface area contributed by atoms with Crippen LogP contribution >= 0.6 is 11.8 Å². The van der Waals surface area contributed by atoms with E-state index in [1.54, 1.807) is 42.5 Å². The molecule has 138 valence electrons. The van der Waals surface area contributed by atoms with Crippen molar-refractivity contribution in [2.24, 2.45) is 0 Å². The predicted octanol–water partition coefficient (Wildman–Crippen LogP) is 4.62. The van der Waals surface area contributed by atoms with E-state index in [0.717, 1.165) is 11.8 Å². The Hall–Kier alpha value is -3.72. The lowest BCUT2D eigenvalue weighted by Crippen LogP contribution is -2.02. The molecule has 0 amide bonds. The van der Waals surface area contributed by atoms with Crippen LogP contribution in [0.3, 0.4) is 0 Å². The number of aromatic nitrogens is 2. The van der Waals surface area contributed by atoms with Crippen molar-refractivity contribution in [1.29, 1.82) is 0 Å². The van der Waals surface area contributed by atoms with Gasteiger partial charge in [-0.3, -0.25) is 14.9 Å². The van der Waals surface area contributed by atoms with E-state index >= 15 is 0 Å². The second-order valence-electron chi connectivity index (χ2n) is 5.59. The van der Waals surface area contributed by atoms with Crippen LogP contribution in [0.25, 0.3) is 11.7 Å². The van der Waals surface area contributed by atoms with Crippen LogP contribution < -0.4 is 0 Å². The Morgan fingerprint density at radius 3 is 2.54 bits per heavy atom. The second kappa shape index (κ2) is 7.49. The van der Waals surface area contributed by atoms with Gasteiger partial charge in [0.15, 0.2) is 11.5 Å². The van der Waals surface area contributed by atoms with E-state index in [1.807, 2.05) is 0 Å². The number of carbonyl (C=O) groups is 1. The number of ketones is 1. The third-order valence-corrected chi connectivity index (χ3v) is 4.69. The molecule has 9 heteroatoms. The minimum Gasteiger partial charge on any atom is -0.459 e. The topological polar surface area (TPSA) is 112 Å². The molecule has 0 radical (unpaired) electrons. The van der Waals surface area contributed by atoms with E-state index < -0.39 is 4.92 Å². The fourth-order valence-corrected chi connectivity index (χ4v) is 3.25. The Bertz CT molecular complexity index is 1140. The van der Waals surface area contributed by atoms with Gasteiger partial charge >= 0.3 is 0 Å². The van der Waals surface area contributed by atoms with Gasteiger partial charge in [-0.05, 0) is 36.0 Å². The normalized spacial score (nSPS) is 10.7. The van der Waals surface area contributed by atoms with E-state index in [4.69, 9.17) is 8.83 Å². The maximum Gasteiger partial charge on any atom is 0.284 e. The number of nitro benzene ring substituents is 1. The third kappa shape index (κ3) is 3.55. The van der Waals surface area contributed by atoms with Crippen molar-refractivity contribution in [2.45, 2.75) is 10.1 Å². The number of nitrogens with zero attached hydrogens (tertiary/aromatic N) is 3. The first-order valence-electron chi connectivity index (χ1n) is 8.05. The predicted molar refractivity (Wildman–Crippen MR) is 99.1 cm³/mol. The molecule has 0 aliphatic carbocycles. The average Bonchev–Trinajstić information content (AvgIpc) is 3.40. The van der Waals surface area contributed by atoms with Crippen LogP contribution in [-0.2, 0) is 0 Å². The van der Waals surface area contributed by atoms with Gasteiger partial charge in [-0.15, -0.1) is 10.2 Å². The van der Waals surface area contributed by atoms with E-state index in [0.29, 0.717) is 11.3 Å². The molecule has 28 heavy (non-hydrogen) atoms. The molecule has 0 spiro atoms. The van der Waals surface area contributed by atoms with E-state index in [-0.39, 0.29) is 33.0 Å². The quantitative estimate of drug-likeness (QED) is 0.265. The average molecular weight is 393 g/mol. The van der Waals surface area contributed by atoms with Crippen LogP contribution in [0.15, 0.2) is 85.9 Å². The van der Waals surface area contributed by atoms with Crippen LogP contribution in [0.4, 0.5) is 5.69 Å². The van der Waals surface area contributed by atoms with Gasteiger partial charge in [0, 0.05) is 17.2 Å². The molecule has 8 nitrogen and oxygen atoms in total. The first-order valence-corrected chi connectivity index (χ1v) is 8.87. The third-order valence-electron chi connectivity index (χ3n) is 3.79. The summed E-state index contributed by atoms with van der Waals surface area (Å²) in [5.41, 5.74) is 0.464. The molecule has 4 rings (SSSR count). The summed E-state index contributed by atoms with van der Waals surface area (Å²) in [7, 11) is 0. The molecule has 2 aromatic carbocycles. The van der Waals surface area contributed by atoms with Gasteiger partial charge in [-0.1, -0.05) is 30.3 Å². The highest BCUT2D eigenvalue weighted by molar-refractivity contribution is 7.99. The monoisotopic (exact) mass is 393 g/mol. The summed E-state index contributed by atoms with van der Waals surface area (Å²) < 4.78 is 10.6. The molecular formula is C19H11N3O5S. The maximum atomic E-state index is 12.5. The summed E-state index contributed by atoms with van der Waals surface area (Å²) in [4.78, 5) is 23.8. The smallest absolute Gasteiger partial charge is 0.284 e. The fraction of sp³-hybridized carbons (Fsp3) is 0. The summed E-state index contributed by atoms with van der Waals surface area (Å²) in [6.45, 7) is 0. The van der Waals surface area contributed by atoms with Gasteiger partial charge < -0.3 is 8.83 Å². The van der Waals surface area contributed by atoms with Crippen LogP contribution in [0.2, 0.25) is 0 Å². The number of benzene rings is 2. The van der Waals surface area contributed by atoms with Crippen molar-refractivity contribution >= 4 is 23.2 Å². The van der Waals surface area contributed by atoms with Gasteiger partial charge in [0.1, 0.15) is 0 Å². The molecule has 0 saturated carbocycles. The van der Waals surface area contributed by atoms with E-state index in [1.165, 1.54) is 24.5 Å². The zero-order chi connectivity index (χ0) is 19.5. The molecule has 0 N–H and O–H groups in total. The lowest BCUT2D eigenvalue weighted by atomic mass is 10.0. The molecule has 0 atom stereocenters. The Kier molecular flexibility index (Phi) is 4.73. The standard InChI is InChI=1S/C19H11N3O5S/c23-17(12-5-2-1-3-6-12)13-8-9-16(14(11-13)22(24)25)28-19-21-20-18(27-19)15-7-4-10-26-15/h1-11H. The molecule has 0 unspecified atom stereocenters. The van der Waals surface area contributed by atoms with Crippen LogP contribution in [0.1, 0.15) is 15.9 Å². The number of hydrogen-bond donors (Lipinski definition) is 0. The van der Waals surface area contributed by atoms with Crippen LogP contribution in [0, 0.1) is 10.1 Å². The van der Waals surface area contributed by atoms with Crippen molar-refractivity contribution in [2.75, 3.05) is 0 Å². The highest BCUT2D eigenvalue weighted by Gasteiger charge is 2.21. The second-order valence-corrected chi connectivity index (χ2v) is 6.58. The van der Waals surface area contributed by atoms with Gasteiger partial charge in [0.2, 0.25) is 0 Å². The van der Waals surface area contributed by atoms with Gasteiger partial charge in [-0.2, -0.15) is 0 Å². The van der Waals surface area contributed by atoms with Crippen molar-refractivity contribution in [3.63, 3.8) is 0 Å². The van der Waals surface area contributed by atoms with E-state index in [9.17, 15) is 14.9 Å². The number of rotatable bonds is 6. The molecule has 0 bridgehead atoms. The molecule has 0 saturated heterocycles. The molecule has 2 heterocycles. The minimum atomic E-state index is -0.548. The zero-order valence-corrected chi connectivity index (χ0v) is 15.0. The summed E-state index contributed by atoms with van der Waals surface area (Å²) in [6.07, 6.45) is 1.47. The first kappa shape index (κ1) is 17.7. The van der Waals surface area contributed by atoms with Crippen LogP contribution in [-0.4, -0.2) is 20.9 Å². The molecule has 0 aliphatic rings. The summed E-state index contributed by atoms with van der Waals surface area (Å²) in [6, 6.07) is 16.2. The van der Waals surface area contributed by atoms with Crippen molar-refractivity contribution < 1.29 is 18.6 Å². The Morgan fingerprint density at radius 1 is 1.00 bits per heavy atom. The lowest BCUT2D eigenvalue weighted by molar-refractivity contribution is -0.387. The van der Waals surface area contributed by atoms with Crippen molar-refractivity contribution in [3.8, 4) is 11.7 Å². The summed E-state index contributed by atoms with van der Waals surface area (Å²) in [5, 5.41) is 19.4. The Morgan fingerprint density at radius 2 is 1.82 bits per heavy atom. The van der Waals surface area contributed by atoms with E-state index in [2.05, 4.69) is 10.2 Å². The molecule has 4 aromatic rings. The Labute approximate surface area is 162 Å². The number of hydrogen-bond acceptors (Lipinski definition) is 8. The number of nitro groups is 1. The minimum absolute atomic E-state index is 0.122. The number of furan rings is 1. The summed E-state index contributed by atoms with van der Waals surface area (Å²) in [5.74, 6) is 0.279. The van der Waals surface area contributed by atoms with Crippen molar-refractivity contribution in [1.82, 2.24) is 10.2 Å². The Balaban J connectivity index is 1.63. The van der Waals surface area contributed by atoms with Gasteiger partial charge in [0.05, 0.1) is 16.1 Å². The fourth-order valence-electron chi connectivity index (χ4n) is 2.49. The molecule has 2 aromatic heterocycles. The summed E-state index contributed by atoms with van der Waals surface area (Å²) >= 11 is 0.942. The SMILES string of the molecule is O=C(c1ccccc1)c1ccc(Sc2nnc(-c3ccco3)o2)c([N+](=O)[O-])c1. The first-order chi connectivity index (χ1) is 13.6. The molecule has 0 aliphatic heterocycles. The maximum absolute atomic E-state index is 12.5. The van der Waals surface area contributed by atoms with Crippen molar-refractivity contribution in [3.05, 3.63) is 88.2 Å². The van der Waals surface area contributed by atoms with Gasteiger partial charge in [0.25, 0.3) is 16.8 Å². The highest BCUT2D eigenvalue weighted by Crippen LogP contribution is 2.36. The largest absolute Gasteiger partial charge is 0.459 e. The van der Waals surface area contributed by atoms with Crippen LogP contribution in [0.5, 0.6) is 0 Å².